The van der Waals surface area contributed by atoms with Gasteiger partial charge in [-0.05, 0) is 51.3 Å². The van der Waals surface area contributed by atoms with Crippen molar-refractivity contribution in [1.29, 1.82) is 0 Å². The largest absolute Gasteiger partial charge is 0.478 e. The molecular formula is C16H21NO6S. The van der Waals surface area contributed by atoms with Gasteiger partial charge >= 0.3 is 12.1 Å². The standard InChI is InChI=1S/C16H21NO6S/c1-9-10(14(18)19)5-6-11-12(7-8-24(21,22)13(9)11)17-15(20)23-16(2,3)4/h5-6,12H,7-8H2,1-4H3,(H,17,20)(H,18,19)/t12-/m0/s1. The van der Waals surface area contributed by atoms with Crippen molar-refractivity contribution in [2.75, 3.05) is 5.75 Å². The van der Waals surface area contributed by atoms with Crippen molar-refractivity contribution in [3.8, 4) is 0 Å². The highest BCUT2D eigenvalue weighted by molar-refractivity contribution is 7.91. The summed E-state index contributed by atoms with van der Waals surface area (Å²) in [5, 5.41) is 11.9. The van der Waals surface area contributed by atoms with Crippen LogP contribution in [-0.4, -0.2) is 36.9 Å². The topological polar surface area (TPSA) is 110 Å². The van der Waals surface area contributed by atoms with Crippen molar-refractivity contribution >= 4 is 21.9 Å². The Kier molecular flexibility index (Phi) is 4.63. The molecule has 132 valence electrons. The first-order valence-corrected chi connectivity index (χ1v) is 9.16. The Bertz CT molecular complexity index is 792. The van der Waals surface area contributed by atoms with Crippen LogP contribution in [0.3, 0.4) is 0 Å². The van der Waals surface area contributed by atoms with Gasteiger partial charge in [-0.1, -0.05) is 6.07 Å². The van der Waals surface area contributed by atoms with Crippen LogP contribution in [0.5, 0.6) is 0 Å². The summed E-state index contributed by atoms with van der Waals surface area (Å²) in [6.07, 6.45) is -0.432. The number of carbonyl (C=O) groups is 2. The lowest BCUT2D eigenvalue weighted by Gasteiger charge is -2.29. The van der Waals surface area contributed by atoms with Crippen molar-refractivity contribution in [2.24, 2.45) is 0 Å². The number of alkyl carbamates (subject to hydrolysis) is 1. The van der Waals surface area contributed by atoms with Crippen LogP contribution in [0.1, 0.15) is 54.7 Å². The van der Waals surface area contributed by atoms with Gasteiger partial charge in [-0.2, -0.15) is 0 Å². The molecule has 1 aromatic rings. The van der Waals surface area contributed by atoms with Crippen LogP contribution in [0.15, 0.2) is 17.0 Å². The minimum Gasteiger partial charge on any atom is -0.478 e. The fourth-order valence-electron chi connectivity index (χ4n) is 2.76. The number of ether oxygens (including phenoxy) is 1. The zero-order chi connectivity index (χ0) is 18.3. The van der Waals surface area contributed by atoms with E-state index in [1.54, 1.807) is 20.8 Å². The third kappa shape index (κ3) is 3.69. The lowest BCUT2D eigenvalue weighted by molar-refractivity contribution is 0.0500. The molecule has 1 aromatic carbocycles. The molecule has 1 atom stereocenters. The van der Waals surface area contributed by atoms with E-state index in [4.69, 9.17) is 4.74 Å². The minimum absolute atomic E-state index is 0.00490. The summed E-state index contributed by atoms with van der Waals surface area (Å²) >= 11 is 0. The summed E-state index contributed by atoms with van der Waals surface area (Å²) < 4.78 is 30.0. The van der Waals surface area contributed by atoms with Crippen LogP contribution in [0.4, 0.5) is 4.79 Å². The zero-order valence-electron chi connectivity index (χ0n) is 14.0. The van der Waals surface area contributed by atoms with Crippen LogP contribution in [0, 0.1) is 6.92 Å². The molecule has 0 bridgehead atoms. The monoisotopic (exact) mass is 355 g/mol. The summed E-state index contributed by atoms with van der Waals surface area (Å²) in [6.45, 7) is 6.66. The van der Waals surface area contributed by atoms with Crippen LogP contribution in [0.2, 0.25) is 0 Å². The lowest BCUT2D eigenvalue weighted by Crippen LogP contribution is -2.38. The molecule has 1 amide bonds. The fourth-order valence-corrected chi connectivity index (χ4v) is 4.66. The predicted octanol–water partition coefficient (Wildman–Crippen LogP) is 2.44. The molecule has 1 aliphatic rings. The van der Waals surface area contributed by atoms with Gasteiger partial charge in [0.1, 0.15) is 5.60 Å². The molecule has 0 aromatic heterocycles. The molecule has 2 N–H and O–H groups in total. The van der Waals surface area contributed by atoms with E-state index in [1.165, 1.54) is 19.1 Å². The van der Waals surface area contributed by atoms with Gasteiger partial charge in [0, 0.05) is 0 Å². The van der Waals surface area contributed by atoms with Gasteiger partial charge in [-0.3, -0.25) is 0 Å². The molecule has 0 aliphatic carbocycles. The Hall–Kier alpha value is -2.09. The van der Waals surface area contributed by atoms with Crippen LogP contribution in [-0.2, 0) is 14.6 Å². The number of amides is 1. The number of carboxylic acid groups (broad SMARTS) is 1. The van der Waals surface area contributed by atoms with E-state index in [9.17, 15) is 23.1 Å². The van der Waals surface area contributed by atoms with Gasteiger partial charge in [0.2, 0.25) is 0 Å². The van der Waals surface area contributed by atoms with E-state index >= 15 is 0 Å². The van der Waals surface area contributed by atoms with Crippen LogP contribution < -0.4 is 5.32 Å². The molecule has 0 radical (unpaired) electrons. The van der Waals surface area contributed by atoms with Crippen molar-refractivity contribution in [3.05, 3.63) is 28.8 Å². The predicted molar refractivity (Wildman–Crippen MR) is 86.9 cm³/mol. The maximum atomic E-state index is 12.4. The van der Waals surface area contributed by atoms with Crippen molar-refractivity contribution in [3.63, 3.8) is 0 Å². The molecule has 0 saturated heterocycles. The van der Waals surface area contributed by atoms with E-state index in [1.807, 2.05) is 0 Å². The van der Waals surface area contributed by atoms with E-state index < -0.39 is 33.5 Å². The number of hydrogen-bond acceptors (Lipinski definition) is 5. The van der Waals surface area contributed by atoms with Gasteiger partial charge < -0.3 is 15.2 Å². The number of carboxylic acids is 1. The first kappa shape index (κ1) is 18.3. The minimum atomic E-state index is -3.59. The summed E-state index contributed by atoms with van der Waals surface area (Å²) in [4.78, 5) is 23.2. The van der Waals surface area contributed by atoms with E-state index in [-0.39, 0.29) is 28.2 Å². The normalized spacial score (nSPS) is 19.2. The maximum absolute atomic E-state index is 12.4. The maximum Gasteiger partial charge on any atom is 0.408 e. The second-order valence-electron chi connectivity index (χ2n) is 6.77. The Morgan fingerprint density at radius 1 is 1.29 bits per heavy atom. The van der Waals surface area contributed by atoms with E-state index in [2.05, 4.69) is 5.32 Å². The zero-order valence-corrected chi connectivity index (χ0v) is 14.9. The average Bonchev–Trinajstić information content (AvgIpc) is 2.39. The van der Waals surface area contributed by atoms with Crippen molar-refractivity contribution in [1.82, 2.24) is 5.32 Å². The molecule has 24 heavy (non-hydrogen) atoms. The average molecular weight is 355 g/mol. The fraction of sp³-hybridized carbons (Fsp3) is 0.500. The van der Waals surface area contributed by atoms with Crippen molar-refractivity contribution < 1.29 is 27.9 Å². The number of rotatable bonds is 2. The van der Waals surface area contributed by atoms with Gasteiger partial charge in [-0.15, -0.1) is 0 Å². The smallest absolute Gasteiger partial charge is 0.408 e. The van der Waals surface area contributed by atoms with Crippen LogP contribution >= 0.6 is 0 Å². The van der Waals surface area contributed by atoms with Crippen LogP contribution in [0.25, 0.3) is 0 Å². The van der Waals surface area contributed by atoms with E-state index in [0.717, 1.165) is 0 Å². The van der Waals surface area contributed by atoms with Gasteiger partial charge in [0.05, 0.1) is 22.3 Å². The Balaban J connectivity index is 2.43. The third-order valence-corrected chi connectivity index (χ3v) is 5.66. The number of nitrogens with one attached hydrogen (secondary N) is 1. The SMILES string of the molecule is Cc1c(C(=O)O)ccc2c1S(=O)(=O)CC[C@@H]2NC(=O)OC(C)(C)C. The number of fused-ring (bicyclic) bond motifs is 1. The van der Waals surface area contributed by atoms with Crippen molar-refractivity contribution in [2.45, 2.75) is 50.7 Å². The number of hydrogen-bond donors (Lipinski definition) is 2. The first-order chi connectivity index (χ1) is 10.9. The third-order valence-electron chi connectivity index (χ3n) is 3.72. The molecule has 1 heterocycles. The first-order valence-electron chi connectivity index (χ1n) is 7.51. The second-order valence-corrected chi connectivity index (χ2v) is 8.81. The molecule has 8 heteroatoms. The summed E-state index contributed by atoms with van der Waals surface area (Å²) in [6, 6.07) is 2.27. The highest BCUT2D eigenvalue weighted by Gasteiger charge is 2.34. The Morgan fingerprint density at radius 2 is 1.92 bits per heavy atom. The highest BCUT2D eigenvalue weighted by Crippen LogP contribution is 2.36. The Labute approximate surface area is 140 Å². The van der Waals surface area contributed by atoms with Gasteiger partial charge in [-0.25, -0.2) is 18.0 Å². The molecule has 1 aliphatic heterocycles. The van der Waals surface area contributed by atoms with Gasteiger partial charge in [0.15, 0.2) is 9.84 Å². The molecule has 0 saturated carbocycles. The highest BCUT2D eigenvalue weighted by atomic mass is 32.2. The second kappa shape index (κ2) is 6.08. The molecule has 7 nitrogen and oxygen atoms in total. The molecule has 0 fully saturated rings. The number of aromatic carboxylic acids is 1. The number of carbonyl (C=O) groups excluding carboxylic acids is 1. The van der Waals surface area contributed by atoms with Gasteiger partial charge in [0.25, 0.3) is 0 Å². The summed E-state index contributed by atoms with van der Waals surface area (Å²) in [5.41, 5.74) is -0.142. The number of benzene rings is 1. The lowest BCUT2D eigenvalue weighted by atomic mass is 9.98. The summed E-state index contributed by atoms with van der Waals surface area (Å²) in [7, 11) is -3.59. The molecule has 2 rings (SSSR count). The molecular weight excluding hydrogens is 334 g/mol. The summed E-state index contributed by atoms with van der Waals surface area (Å²) in [5.74, 6) is -1.35. The molecule has 0 unspecified atom stereocenters. The Morgan fingerprint density at radius 3 is 2.46 bits per heavy atom. The quantitative estimate of drug-likeness (QED) is 0.843. The van der Waals surface area contributed by atoms with E-state index in [0.29, 0.717) is 5.56 Å². The number of sulfone groups is 1. The molecule has 0 spiro atoms.